The van der Waals surface area contributed by atoms with Gasteiger partial charge >= 0.3 is 0 Å². The maximum atomic E-state index is 12.1. The molecule has 0 saturated carbocycles. The van der Waals surface area contributed by atoms with Gasteiger partial charge in [0.15, 0.2) is 5.69 Å². The van der Waals surface area contributed by atoms with E-state index in [9.17, 15) is 4.79 Å². The number of nitrogen functional groups attached to an aromatic ring is 1. The van der Waals surface area contributed by atoms with Gasteiger partial charge in [0.05, 0.1) is 11.4 Å². The van der Waals surface area contributed by atoms with Gasteiger partial charge in [-0.2, -0.15) is 5.10 Å². The summed E-state index contributed by atoms with van der Waals surface area (Å²) in [5, 5.41) is 9.55. The number of carbonyl (C=O) groups is 1. The Morgan fingerprint density at radius 3 is 3.00 bits per heavy atom. The molecule has 1 amide bonds. The number of nitrogens with zero attached hydrogens (tertiary/aromatic N) is 1. The van der Waals surface area contributed by atoms with Gasteiger partial charge in [-0.15, -0.1) is 0 Å². The molecule has 0 spiro atoms. The zero-order valence-electron chi connectivity index (χ0n) is 10.5. The molecule has 0 unspecified atom stereocenters. The zero-order chi connectivity index (χ0) is 13.8. The first-order valence-corrected chi connectivity index (χ1v) is 6.80. The van der Waals surface area contributed by atoms with Crippen LogP contribution in [0, 0.1) is 0 Å². The molecule has 0 aliphatic heterocycles. The predicted octanol–water partition coefficient (Wildman–Crippen LogP) is 2.96. The highest BCUT2D eigenvalue weighted by Crippen LogP contribution is 2.19. The maximum Gasteiger partial charge on any atom is 0.278 e. The first kappa shape index (κ1) is 13.6. The standard InChI is InChI=1S/C13H15BrN4O/c1-2-4-10-11(15)12(18-17-10)13(19)16-9-6-3-5-8(14)7-9/h3,5-7H,2,4,15H2,1H3,(H,16,19)(H,17,18). The van der Waals surface area contributed by atoms with Gasteiger partial charge in [-0.05, 0) is 24.6 Å². The summed E-state index contributed by atoms with van der Waals surface area (Å²) in [6.07, 6.45) is 1.72. The number of nitrogens with two attached hydrogens (primary N) is 1. The van der Waals surface area contributed by atoms with Crippen molar-refractivity contribution in [2.45, 2.75) is 19.8 Å². The fourth-order valence-electron chi connectivity index (χ4n) is 1.76. The SMILES string of the molecule is CCCc1[nH]nc(C(=O)Nc2cccc(Br)c2)c1N. The molecule has 0 aliphatic carbocycles. The molecule has 1 aromatic heterocycles. The number of aryl methyl sites for hydroxylation is 1. The lowest BCUT2D eigenvalue weighted by atomic mass is 10.2. The van der Waals surface area contributed by atoms with Crippen molar-refractivity contribution in [1.29, 1.82) is 0 Å². The Balaban J connectivity index is 2.16. The summed E-state index contributed by atoms with van der Waals surface area (Å²) in [5.41, 5.74) is 8.08. The van der Waals surface area contributed by atoms with Crippen LogP contribution >= 0.6 is 15.9 Å². The first-order chi connectivity index (χ1) is 9.11. The number of carbonyl (C=O) groups excluding carboxylic acids is 1. The van der Waals surface area contributed by atoms with Crippen LogP contribution in [0.2, 0.25) is 0 Å². The van der Waals surface area contributed by atoms with Crippen LogP contribution in [0.5, 0.6) is 0 Å². The first-order valence-electron chi connectivity index (χ1n) is 6.01. The van der Waals surface area contributed by atoms with Crippen LogP contribution in [0.1, 0.15) is 29.5 Å². The lowest BCUT2D eigenvalue weighted by molar-refractivity contribution is 0.102. The molecule has 2 aromatic rings. The van der Waals surface area contributed by atoms with Crippen LogP contribution < -0.4 is 11.1 Å². The normalized spacial score (nSPS) is 10.4. The average molecular weight is 323 g/mol. The second kappa shape index (κ2) is 5.88. The van der Waals surface area contributed by atoms with E-state index in [0.29, 0.717) is 11.4 Å². The van der Waals surface area contributed by atoms with Gasteiger partial charge in [0.1, 0.15) is 0 Å². The summed E-state index contributed by atoms with van der Waals surface area (Å²) in [6, 6.07) is 7.35. The lowest BCUT2D eigenvalue weighted by Crippen LogP contribution is -2.14. The minimum atomic E-state index is -0.311. The van der Waals surface area contributed by atoms with Crippen molar-refractivity contribution < 1.29 is 4.79 Å². The molecule has 6 heteroatoms. The average Bonchev–Trinajstić information content (AvgIpc) is 2.72. The number of benzene rings is 1. The molecule has 1 heterocycles. The van der Waals surface area contributed by atoms with E-state index in [-0.39, 0.29) is 11.6 Å². The largest absolute Gasteiger partial charge is 0.395 e. The number of hydrogen-bond donors (Lipinski definition) is 3. The second-order valence-corrected chi connectivity index (χ2v) is 5.09. The van der Waals surface area contributed by atoms with E-state index in [4.69, 9.17) is 5.73 Å². The van der Waals surface area contributed by atoms with Crippen molar-refractivity contribution in [3.05, 3.63) is 40.1 Å². The van der Waals surface area contributed by atoms with Crippen LogP contribution in [0.25, 0.3) is 0 Å². The van der Waals surface area contributed by atoms with Crippen LogP contribution in [0.15, 0.2) is 28.7 Å². The molecule has 0 bridgehead atoms. The number of amides is 1. The fraction of sp³-hybridized carbons (Fsp3) is 0.231. The van der Waals surface area contributed by atoms with Gasteiger partial charge in [-0.1, -0.05) is 35.3 Å². The van der Waals surface area contributed by atoms with E-state index in [1.807, 2.05) is 25.1 Å². The molecule has 0 radical (unpaired) electrons. The third-order valence-corrected chi connectivity index (χ3v) is 3.17. The Kier molecular flexibility index (Phi) is 4.21. The molecule has 0 aliphatic rings. The number of rotatable bonds is 4. The summed E-state index contributed by atoms with van der Waals surface area (Å²) in [7, 11) is 0. The van der Waals surface area contributed by atoms with Crippen molar-refractivity contribution in [2.75, 3.05) is 11.1 Å². The Morgan fingerprint density at radius 2 is 2.32 bits per heavy atom. The third kappa shape index (κ3) is 3.14. The molecule has 2 rings (SSSR count). The number of H-pyrrole nitrogens is 1. The fourth-order valence-corrected chi connectivity index (χ4v) is 2.16. The summed E-state index contributed by atoms with van der Waals surface area (Å²) in [5.74, 6) is -0.311. The van der Waals surface area contributed by atoms with Crippen molar-refractivity contribution in [2.24, 2.45) is 0 Å². The Hall–Kier alpha value is -1.82. The molecule has 100 valence electrons. The summed E-state index contributed by atoms with van der Waals surface area (Å²) in [6.45, 7) is 2.04. The number of aromatic amines is 1. The van der Waals surface area contributed by atoms with E-state index in [0.717, 1.165) is 23.0 Å². The predicted molar refractivity (Wildman–Crippen MR) is 79.1 cm³/mol. The van der Waals surface area contributed by atoms with E-state index in [1.165, 1.54) is 0 Å². The van der Waals surface area contributed by atoms with Gasteiger partial charge in [0.25, 0.3) is 5.91 Å². The quantitative estimate of drug-likeness (QED) is 0.809. The van der Waals surface area contributed by atoms with Gasteiger partial charge < -0.3 is 11.1 Å². The van der Waals surface area contributed by atoms with Crippen LogP contribution in [0.4, 0.5) is 11.4 Å². The van der Waals surface area contributed by atoms with Crippen molar-refractivity contribution in [3.8, 4) is 0 Å². The van der Waals surface area contributed by atoms with Crippen molar-refractivity contribution in [3.63, 3.8) is 0 Å². The monoisotopic (exact) mass is 322 g/mol. The molecular weight excluding hydrogens is 308 g/mol. The van der Waals surface area contributed by atoms with Crippen molar-refractivity contribution in [1.82, 2.24) is 10.2 Å². The van der Waals surface area contributed by atoms with Gasteiger partial charge in [-0.25, -0.2) is 0 Å². The minimum absolute atomic E-state index is 0.239. The molecule has 19 heavy (non-hydrogen) atoms. The van der Waals surface area contributed by atoms with Gasteiger partial charge in [-0.3, -0.25) is 9.89 Å². The topological polar surface area (TPSA) is 83.8 Å². The molecule has 1 aromatic carbocycles. The van der Waals surface area contributed by atoms with E-state index >= 15 is 0 Å². The smallest absolute Gasteiger partial charge is 0.278 e. The number of anilines is 2. The third-order valence-electron chi connectivity index (χ3n) is 2.68. The van der Waals surface area contributed by atoms with Crippen LogP contribution in [0.3, 0.4) is 0 Å². The Bertz CT molecular complexity index is 594. The number of nitrogens with one attached hydrogen (secondary N) is 2. The summed E-state index contributed by atoms with van der Waals surface area (Å²) >= 11 is 3.35. The van der Waals surface area contributed by atoms with Crippen LogP contribution in [-0.2, 0) is 6.42 Å². The zero-order valence-corrected chi connectivity index (χ0v) is 12.1. The number of halogens is 1. The lowest BCUT2D eigenvalue weighted by Gasteiger charge is -2.04. The molecule has 4 N–H and O–H groups in total. The van der Waals surface area contributed by atoms with E-state index < -0.39 is 0 Å². The highest BCUT2D eigenvalue weighted by atomic mass is 79.9. The highest BCUT2D eigenvalue weighted by molar-refractivity contribution is 9.10. The van der Waals surface area contributed by atoms with Gasteiger partial charge in [0, 0.05) is 10.2 Å². The van der Waals surface area contributed by atoms with E-state index in [1.54, 1.807) is 6.07 Å². The Labute approximate surface area is 119 Å². The van der Waals surface area contributed by atoms with Gasteiger partial charge in [0.2, 0.25) is 0 Å². The second-order valence-electron chi connectivity index (χ2n) is 4.18. The van der Waals surface area contributed by atoms with E-state index in [2.05, 4.69) is 31.4 Å². The van der Waals surface area contributed by atoms with Crippen molar-refractivity contribution >= 4 is 33.2 Å². The highest BCUT2D eigenvalue weighted by Gasteiger charge is 2.16. The minimum Gasteiger partial charge on any atom is -0.395 e. The Morgan fingerprint density at radius 1 is 1.53 bits per heavy atom. The number of aromatic nitrogens is 2. The summed E-state index contributed by atoms with van der Waals surface area (Å²) in [4.78, 5) is 12.1. The van der Waals surface area contributed by atoms with Crippen LogP contribution in [-0.4, -0.2) is 16.1 Å². The molecular formula is C13H15BrN4O. The maximum absolute atomic E-state index is 12.1. The summed E-state index contributed by atoms with van der Waals surface area (Å²) < 4.78 is 0.895. The molecule has 0 atom stereocenters. The molecule has 0 fully saturated rings. The molecule has 5 nitrogen and oxygen atoms in total. The number of hydrogen-bond acceptors (Lipinski definition) is 3. The molecule has 0 saturated heterocycles.